The van der Waals surface area contributed by atoms with E-state index in [1.165, 1.54) is 25.0 Å². The summed E-state index contributed by atoms with van der Waals surface area (Å²) in [6, 6.07) is 8.79. The van der Waals surface area contributed by atoms with Crippen molar-refractivity contribution in [2.45, 2.75) is 58.2 Å². The van der Waals surface area contributed by atoms with Crippen molar-refractivity contribution in [1.82, 2.24) is 0 Å². The molecule has 0 saturated heterocycles. The Morgan fingerprint density at radius 1 is 1.12 bits per heavy atom. The van der Waals surface area contributed by atoms with E-state index >= 15 is 0 Å². The normalized spacial score (nSPS) is 31.7. The Kier molecular flexibility index (Phi) is 4.37. The van der Waals surface area contributed by atoms with E-state index in [0.717, 1.165) is 32.1 Å². The van der Waals surface area contributed by atoms with E-state index in [1.54, 1.807) is 0 Å². The number of allylic oxidation sites excluding steroid dienone is 1. The molecule has 4 heteroatoms. The molecular formula is C22H26O4. The van der Waals surface area contributed by atoms with Gasteiger partial charge in [-0.15, -0.1) is 0 Å². The molecule has 0 spiro atoms. The van der Waals surface area contributed by atoms with Crippen molar-refractivity contribution in [3.8, 4) is 0 Å². The van der Waals surface area contributed by atoms with Crippen molar-refractivity contribution in [3.05, 3.63) is 47.5 Å². The van der Waals surface area contributed by atoms with Crippen LogP contribution in [0.25, 0.3) is 0 Å². The van der Waals surface area contributed by atoms with E-state index in [9.17, 15) is 9.59 Å². The highest BCUT2D eigenvalue weighted by molar-refractivity contribution is 5.68. The minimum atomic E-state index is -0.820. The maximum absolute atomic E-state index is 11.7. The van der Waals surface area contributed by atoms with Gasteiger partial charge in [0.25, 0.3) is 6.29 Å². The third-order valence-corrected chi connectivity index (χ3v) is 6.62. The zero-order valence-electron chi connectivity index (χ0n) is 15.4. The first-order chi connectivity index (χ1) is 12.5. The van der Waals surface area contributed by atoms with Crippen LogP contribution in [-0.2, 0) is 25.5 Å². The molecular weight excluding hydrogens is 328 g/mol. The number of fused-ring (bicyclic) bond motifs is 5. The molecule has 3 aliphatic rings. The second-order valence-electron chi connectivity index (χ2n) is 7.95. The number of hydrogen-bond acceptors (Lipinski definition) is 4. The lowest BCUT2D eigenvalue weighted by atomic mass is 9.55. The predicted molar refractivity (Wildman–Crippen MR) is 97.2 cm³/mol. The minimum Gasteiger partial charge on any atom is -0.424 e. The Morgan fingerprint density at radius 3 is 2.58 bits per heavy atom. The quantitative estimate of drug-likeness (QED) is 0.465. The number of benzene rings is 1. The van der Waals surface area contributed by atoms with Crippen LogP contribution in [0.4, 0.5) is 0 Å². The van der Waals surface area contributed by atoms with Gasteiger partial charge >= 0.3 is 11.9 Å². The molecule has 4 atom stereocenters. The Morgan fingerprint density at radius 2 is 1.85 bits per heavy atom. The highest BCUT2D eigenvalue weighted by atomic mass is 16.7. The van der Waals surface area contributed by atoms with Crippen LogP contribution in [0, 0.1) is 17.3 Å². The molecule has 0 unspecified atom stereocenters. The molecule has 0 heterocycles. The number of hydrogen-bond donors (Lipinski definition) is 0. The van der Waals surface area contributed by atoms with Gasteiger partial charge in [0.15, 0.2) is 0 Å². The molecule has 0 bridgehead atoms. The van der Waals surface area contributed by atoms with Gasteiger partial charge in [-0.05, 0) is 61.0 Å². The third-order valence-electron chi connectivity index (χ3n) is 6.62. The van der Waals surface area contributed by atoms with Crippen molar-refractivity contribution < 1.29 is 19.1 Å². The second-order valence-corrected chi connectivity index (χ2v) is 7.95. The molecule has 0 radical (unpaired) electrons. The zero-order chi connectivity index (χ0) is 18.3. The first kappa shape index (κ1) is 17.3. The van der Waals surface area contributed by atoms with Crippen molar-refractivity contribution >= 4 is 11.9 Å². The smallest absolute Gasteiger partial charge is 0.305 e. The van der Waals surface area contributed by atoms with Crippen LogP contribution in [0.5, 0.6) is 0 Å². The van der Waals surface area contributed by atoms with Crippen LogP contribution in [0.15, 0.2) is 36.4 Å². The molecule has 4 nitrogen and oxygen atoms in total. The highest BCUT2D eigenvalue weighted by Crippen LogP contribution is 2.60. The molecule has 1 aromatic rings. The molecule has 0 aromatic heterocycles. The van der Waals surface area contributed by atoms with E-state index in [0.29, 0.717) is 17.8 Å². The molecule has 138 valence electrons. The van der Waals surface area contributed by atoms with Gasteiger partial charge in [0.2, 0.25) is 0 Å². The van der Waals surface area contributed by atoms with Gasteiger partial charge < -0.3 is 9.47 Å². The van der Waals surface area contributed by atoms with Gasteiger partial charge in [0.1, 0.15) is 0 Å². The summed E-state index contributed by atoms with van der Waals surface area (Å²) < 4.78 is 11.0. The molecule has 3 aliphatic carbocycles. The average Bonchev–Trinajstić information content (AvgIpc) is 3.05. The summed E-state index contributed by atoms with van der Waals surface area (Å²) in [6.07, 6.45) is 8.62. The predicted octanol–water partition coefficient (Wildman–Crippen LogP) is 4.14. The molecule has 0 amide bonds. The first-order valence-electron chi connectivity index (χ1n) is 9.61. The topological polar surface area (TPSA) is 52.6 Å². The highest BCUT2D eigenvalue weighted by Gasteiger charge is 2.57. The lowest BCUT2D eigenvalue weighted by molar-refractivity contribution is -0.217. The van der Waals surface area contributed by atoms with Crippen molar-refractivity contribution in [2.75, 3.05) is 0 Å². The zero-order valence-corrected chi connectivity index (χ0v) is 15.4. The fourth-order valence-electron chi connectivity index (χ4n) is 5.67. The monoisotopic (exact) mass is 354 g/mol. The van der Waals surface area contributed by atoms with Crippen molar-refractivity contribution in [2.24, 2.45) is 17.3 Å². The SMILES string of the molecule is CC(=O)OC(OC(C)=O)[C@@]12C=CC[C@H]1[C@@H]1CCc3ccccc3[C@H]1CC2. The average molecular weight is 354 g/mol. The van der Waals surface area contributed by atoms with E-state index in [-0.39, 0.29) is 5.41 Å². The van der Waals surface area contributed by atoms with Crippen LogP contribution in [0.2, 0.25) is 0 Å². The van der Waals surface area contributed by atoms with E-state index < -0.39 is 18.2 Å². The van der Waals surface area contributed by atoms with Crippen LogP contribution in [0.1, 0.15) is 56.6 Å². The summed E-state index contributed by atoms with van der Waals surface area (Å²) in [6.45, 7) is 2.76. The number of rotatable bonds is 3. The van der Waals surface area contributed by atoms with Crippen molar-refractivity contribution in [1.29, 1.82) is 0 Å². The number of ether oxygens (including phenoxy) is 2. The number of carbonyl (C=O) groups is 2. The molecule has 1 fully saturated rings. The van der Waals surface area contributed by atoms with Gasteiger partial charge in [-0.25, -0.2) is 0 Å². The summed E-state index contributed by atoms with van der Waals surface area (Å²) in [7, 11) is 0. The maximum atomic E-state index is 11.7. The standard InChI is InChI=1S/C22H26O4/c1-14(23)25-21(26-15(2)24)22-12-5-8-20(22)19-10-9-16-6-3-4-7-17(16)18(19)11-13-22/h3-7,12,18-21H,8-11,13H2,1-2H3/t18-,19-,20+,22-/m1/s1. The number of carbonyl (C=O) groups excluding carboxylic acids is 2. The maximum Gasteiger partial charge on any atom is 0.305 e. The van der Waals surface area contributed by atoms with Crippen LogP contribution in [0.3, 0.4) is 0 Å². The van der Waals surface area contributed by atoms with Gasteiger partial charge in [0, 0.05) is 13.8 Å². The van der Waals surface area contributed by atoms with Crippen LogP contribution < -0.4 is 0 Å². The van der Waals surface area contributed by atoms with Crippen molar-refractivity contribution in [3.63, 3.8) is 0 Å². The fraction of sp³-hybridized carbons (Fsp3) is 0.545. The summed E-state index contributed by atoms with van der Waals surface area (Å²) in [4.78, 5) is 23.3. The van der Waals surface area contributed by atoms with Crippen LogP contribution in [-0.4, -0.2) is 18.2 Å². The number of aryl methyl sites for hydroxylation is 1. The summed E-state index contributed by atoms with van der Waals surface area (Å²) in [5.41, 5.74) is 2.58. The first-order valence-corrected chi connectivity index (χ1v) is 9.61. The summed E-state index contributed by atoms with van der Waals surface area (Å²) >= 11 is 0. The Bertz CT molecular complexity index is 736. The molecule has 1 saturated carbocycles. The Balaban J connectivity index is 1.67. The summed E-state index contributed by atoms with van der Waals surface area (Å²) in [5.74, 6) is 0.621. The molecule has 0 N–H and O–H groups in total. The Hall–Kier alpha value is -2.10. The van der Waals surface area contributed by atoms with E-state index in [2.05, 4.69) is 36.4 Å². The molecule has 4 rings (SSSR count). The molecule has 1 aromatic carbocycles. The van der Waals surface area contributed by atoms with Crippen LogP contribution >= 0.6 is 0 Å². The van der Waals surface area contributed by atoms with Gasteiger partial charge in [-0.2, -0.15) is 0 Å². The number of esters is 2. The van der Waals surface area contributed by atoms with Gasteiger partial charge in [0.05, 0.1) is 5.41 Å². The second kappa shape index (κ2) is 6.57. The van der Waals surface area contributed by atoms with Gasteiger partial charge in [-0.3, -0.25) is 9.59 Å². The molecule has 0 aliphatic heterocycles. The summed E-state index contributed by atoms with van der Waals surface area (Å²) in [5, 5.41) is 0. The van der Waals surface area contributed by atoms with E-state index in [1.807, 2.05) is 0 Å². The van der Waals surface area contributed by atoms with E-state index in [4.69, 9.17) is 9.47 Å². The fourth-order valence-corrected chi connectivity index (χ4v) is 5.67. The Labute approximate surface area is 154 Å². The third kappa shape index (κ3) is 2.76. The lowest BCUT2D eigenvalue weighted by Crippen LogP contribution is -2.50. The molecule has 26 heavy (non-hydrogen) atoms. The minimum absolute atomic E-state index is 0.346. The lowest BCUT2D eigenvalue weighted by Gasteiger charge is -2.51. The largest absolute Gasteiger partial charge is 0.424 e. The van der Waals surface area contributed by atoms with Gasteiger partial charge in [-0.1, -0.05) is 36.4 Å².